The minimum Gasteiger partial charge on any atom is -0.370 e. The van der Waals surface area contributed by atoms with E-state index in [1.807, 2.05) is 17.1 Å². The fourth-order valence-electron chi connectivity index (χ4n) is 1.71. The molecule has 2 rings (SSSR count). The number of aryl methyl sites for hydroxylation is 1. The molecule has 2 aromatic heterocycles. The highest BCUT2D eigenvalue weighted by Gasteiger charge is 2.00. The van der Waals surface area contributed by atoms with Crippen LogP contribution < -0.4 is 5.32 Å². The van der Waals surface area contributed by atoms with Gasteiger partial charge in [-0.15, -0.1) is 0 Å². The van der Waals surface area contributed by atoms with E-state index in [1.165, 1.54) is 0 Å². The minimum absolute atomic E-state index is 0.333. The Morgan fingerprint density at radius 2 is 2.26 bits per heavy atom. The van der Waals surface area contributed by atoms with Crippen molar-refractivity contribution in [1.82, 2.24) is 14.5 Å². The number of hydrogen-bond acceptors (Lipinski definition) is 4. The van der Waals surface area contributed by atoms with Crippen molar-refractivity contribution < 1.29 is 0 Å². The molecule has 0 amide bonds. The average Bonchev–Trinajstić information content (AvgIpc) is 2.91. The molecule has 2 aromatic rings. The quantitative estimate of drug-likeness (QED) is 0.650. The molecule has 0 bridgehead atoms. The molecule has 0 saturated heterocycles. The maximum atomic E-state index is 8.83. The van der Waals surface area contributed by atoms with Gasteiger partial charge in [0.15, 0.2) is 0 Å². The van der Waals surface area contributed by atoms with Crippen LogP contribution in [0.1, 0.15) is 18.4 Å². The van der Waals surface area contributed by atoms with Gasteiger partial charge in [-0.1, -0.05) is 11.6 Å². The summed E-state index contributed by atoms with van der Waals surface area (Å²) in [6.45, 7) is 1.75. The van der Waals surface area contributed by atoms with Crippen LogP contribution in [-0.4, -0.2) is 21.1 Å². The molecule has 0 radical (unpaired) electrons. The van der Waals surface area contributed by atoms with E-state index in [0.717, 1.165) is 25.9 Å². The monoisotopic (exact) mass is 275 g/mol. The van der Waals surface area contributed by atoms with Gasteiger partial charge in [-0.05, 0) is 25.0 Å². The summed E-state index contributed by atoms with van der Waals surface area (Å²) < 4.78 is 2.05. The summed E-state index contributed by atoms with van der Waals surface area (Å²) in [5.74, 6) is 0.645. The van der Waals surface area contributed by atoms with Crippen molar-refractivity contribution in [2.45, 2.75) is 19.4 Å². The van der Waals surface area contributed by atoms with E-state index in [9.17, 15) is 0 Å². The first-order chi connectivity index (χ1) is 9.28. The molecule has 2 heterocycles. The zero-order chi connectivity index (χ0) is 13.5. The summed E-state index contributed by atoms with van der Waals surface area (Å²) in [4.78, 5) is 8.11. The first-order valence-corrected chi connectivity index (χ1v) is 6.43. The highest BCUT2D eigenvalue weighted by atomic mass is 35.5. The lowest BCUT2D eigenvalue weighted by atomic mass is 10.2. The second kappa shape index (κ2) is 6.76. The number of imidazole rings is 1. The Bertz CT molecular complexity index is 559. The fraction of sp³-hybridized carbons (Fsp3) is 0.308. The Labute approximate surface area is 116 Å². The Kier molecular flexibility index (Phi) is 4.76. The van der Waals surface area contributed by atoms with Gasteiger partial charge < -0.3 is 9.88 Å². The summed E-state index contributed by atoms with van der Waals surface area (Å²) in [5, 5.41) is 12.3. The number of hydrogen-bond donors (Lipinski definition) is 1. The largest absolute Gasteiger partial charge is 0.370 e. The van der Waals surface area contributed by atoms with E-state index in [1.54, 1.807) is 18.3 Å². The first kappa shape index (κ1) is 13.4. The average molecular weight is 276 g/mol. The van der Waals surface area contributed by atoms with Crippen molar-refractivity contribution in [2.24, 2.45) is 0 Å². The topological polar surface area (TPSA) is 66.5 Å². The van der Waals surface area contributed by atoms with Gasteiger partial charge in [-0.3, -0.25) is 0 Å². The van der Waals surface area contributed by atoms with Gasteiger partial charge in [0.05, 0.1) is 18.0 Å². The van der Waals surface area contributed by atoms with Gasteiger partial charge in [0, 0.05) is 25.5 Å². The third-order valence-corrected chi connectivity index (χ3v) is 2.83. The van der Waals surface area contributed by atoms with Crippen molar-refractivity contribution in [2.75, 3.05) is 11.9 Å². The molecule has 0 fully saturated rings. The summed E-state index contributed by atoms with van der Waals surface area (Å²) >= 11 is 5.82. The van der Waals surface area contributed by atoms with Crippen LogP contribution in [0.3, 0.4) is 0 Å². The van der Waals surface area contributed by atoms with Crippen LogP contribution in [-0.2, 0) is 6.54 Å². The Balaban J connectivity index is 1.73. The van der Waals surface area contributed by atoms with Crippen LogP contribution in [0.15, 0.2) is 30.9 Å². The molecule has 19 heavy (non-hydrogen) atoms. The predicted octanol–water partition coefficient (Wildman–Crippen LogP) is 2.70. The van der Waals surface area contributed by atoms with E-state index < -0.39 is 0 Å². The molecular formula is C13H14ClN5. The zero-order valence-corrected chi connectivity index (χ0v) is 11.1. The number of anilines is 1. The number of nitriles is 1. The van der Waals surface area contributed by atoms with Gasteiger partial charge in [0.1, 0.15) is 11.0 Å². The lowest BCUT2D eigenvalue weighted by Crippen LogP contribution is -2.05. The molecule has 0 aliphatic heterocycles. The second-order valence-electron chi connectivity index (χ2n) is 4.11. The lowest BCUT2D eigenvalue weighted by molar-refractivity contribution is 0.620. The molecule has 0 aliphatic carbocycles. The maximum Gasteiger partial charge on any atom is 0.132 e. The molecule has 0 unspecified atom stereocenters. The molecule has 98 valence electrons. The second-order valence-corrected chi connectivity index (χ2v) is 4.50. The Hall–Kier alpha value is -2.06. The van der Waals surface area contributed by atoms with E-state index in [0.29, 0.717) is 16.5 Å². The van der Waals surface area contributed by atoms with Crippen LogP contribution in [0.4, 0.5) is 5.82 Å². The number of halogens is 1. The molecule has 0 atom stereocenters. The summed E-state index contributed by atoms with van der Waals surface area (Å²) in [6.07, 6.45) is 7.59. The van der Waals surface area contributed by atoms with E-state index >= 15 is 0 Å². The minimum atomic E-state index is 0.333. The number of aromatic nitrogens is 3. The highest BCUT2D eigenvalue weighted by Crippen LogP contribution is 2.13. The van der Waals surface area contributed by atoms with Crippen LogP contribution in [0, 0.1) is 11.3 Å². The van der Waals surface area contributed by atoms with Crippen LogP contribution >= 0.6 is 11.6 Å². The van der Waals surface area contributed by atoms with E-state index in [2.05, 4.69) is 21.4 Å². The summed E-state index contributed by atoms with van der Waals surface area (Å²) in [5.41, 5.74) is 0.515. The molecule has 0 spiro atoms. The van der Waals surface area contributed by atoms with Crippen LogP contribution in [0.5, 0.6) is 0 Å². The molecule has 0 saturated carbocycles. The van der Waals surface area contributed by atoms with Gasteiger partial charge in [0.25, 0.3) is 0 Å². The molecule has 0 aliphatic rings. The zero-order valence-electron chi connectivity index (χ0n) is 10.4. The highest BCUT2D eigenvalue weighted by molar-refractivity contribution is 6.29. The first-order valence-electron chi connectivity index (χ1n) is 6.05. The number of pyridine rings is 1. The Morgan fingerprint density at radius 3 is 3.00 bits per heavy atom. The Morgan fingerprint density at radius 1 is 1.37 bits per heavy atom. The van der Waals surface area contributed by atoms with Crippen molar-refractivity contribution in [3.8, 4) is 6.07 Å². The number of rotatable bonds is 6. The molecule has 1 N–H and O–H groups in total. The fourth-order valence-corrected chi connectivity index (χ4v) is 1.92. The van der Waals surface area contributed by atoms with E-state index in [-0.39, 0.29) is 0 Å². The van der Waals surface area contributed by atoms with Crippen LogP contribution in [0.2, 0.25) is 5.15 Å². The molecule has 0 aromatic carbocycles. The van der Waals surface area contributed by atoms with Crippen molar-refractivity contribution >= 4 is 17.4 Å². The molecular weight excluding hydrogens is 262 g/mol. The summed E-state index contributed by atoms with van der Waals surface area (Å²) in [6, 6.07) is 5.30. The third kappa shape index (κ3) is 4.27. The summed E-state index contributed by atoms with van der Waals surface area (Å²) in [7, 11) is 0. The van der Waals surface area contributed by atoms with Crippen molar-refractivity contribution in [3.63, 3.8) is 0 Å². The van der Waals surface area contributed by atoms with E-state index in [4.69, 9.17) is 16.9 Å². The molecule has 6 heteroatoms. The third-order valence-electron chi connectivity index (χ3n) is 2.63. The van der Waals surface area contributed by atoms with Crippen LogP contribution in [0.25, 0.3) is 0 Å². The number of nitrogens with one attached hydrogen (secondary N) is 1. The number of nitrogens with zero attached hydrogens (tertiary/aromatic N) is 4. The van der Waals surface area contributed by atoms with Gasteiger partial charge in [0.2, 0.25) is 0 Å². The SMILES string of the molecule is N#Cc1cc(Cl)nc(NCCCCn2ccnc2)c1. The van der Waals surface area contributed by atoms with Crippen molar-refractivity contribution in [1.29, 1.82) is 5.26 Å². The maximum absolute atomic E-state index is 8.83. The normalized spacial score (nSPS) is 10.1. The smallest absolute Gasteiger partial charge is 0.132 e. The predicted molar refractivity (Wildman–Crippen MR) is 73.9 cm³/mol. The van der Waals surface area contributed by atoms with Gasteiger partial charge in [-0.25, -0.2) is 9.97 Å². The lowest BCUT2D eigenvalue weighted by Gasteiger charge is -2.06. The standard InChI is InChI=1S/C13H14ClN5/c14-12-7-11(9-15)8-13(18-12)17-3-1-2-5-19-6-4-16-10-19/h4,6-8,10H,1-3,5H2,(H,17,18). The van der Waals surface area contributed by atoms with Gasteiger partial charge >= 0.3 is 0 Å². The molecule has 5 nitrogen and oxygen atoms in total. The number of unbranched alkanes of at least 4 members (excludes halogenated alkanes) is 1. The van der Waals surface area contributed by atoms with Gasteiger partial charge in [-0.2, -0.15) is 5.26 Å². The van der Waals surface area contributed by atoms with Crippen molar-refractivity contribution in [3.05, 3.63) is 41.6 Å².